The topological polar surface area (TPSA) is 59.9 Å². The zero-order valence-corrected chi connectivity index (χ0v) is 17.7. The lowest BCUT2D eigenvalue weighted by molar-refractivity contribution is 0.0131. The molecular weight excluding hydrogens is 348 g/mol. The molecule has 2 fully saturated rings. The Kier molecular flexibility index (Phi) is 7.74. The third kappa shape index (κ3) is 6.21. The molecule has 1 saturated heterocycles. The minimum atomic E-state index is -0.600. The number of hydrogen-bond acceptors (Lipinski definition) is 3. The highest BCUT2D eigenvalue weighted by Crippen LogP contribution is 2.28. The van der Waals surface area contributed by atoms with E-state index >= 15 is 0 Å². The molecule has 5 heteroatoms. The third-order valence-electron chi connectivity index (χ3n) is 6.24. The van der Waals surface area contributed by atoms with Gasteiger partial charge in [-0.2, -0.15) is 0 Å². The molecule has 0 amide bonds. The van der Waals surface area contributed by atoms with Crippen molar-refractivity contribution in [3.8, 4) is 0 Å². The van der Waals surface area contributed by atoms with Gasteiger partial charge in [0.25, 0.3) is 0 Å². The van der Waals surface area contributed by atoms with Crippen molar-refractivity contribution in [3.05, 3.63) is 35.4 Å². The van der Waals surface area contributed by atoms with Gasteiger partial charge in [0.1, 0.15) is 0 Å². The molecule has 156 valence electrons. The number of aliphatic hydroxyl groups is 1. The largest absolute Gasteiger partial charge is 0.388 e. The van der Waals surface area contributed by atoms with Crippen LogP contribution in [0.15, 0.2) is 29.3 Å². The Labute approximate surface area is 170 Å². The van der Waals surface area contributed by atoms with Crippen LogP contribution in [0.25, 0.3) is 0 Å². The fourth-order valence-corrected chi connectivity index (χ4v) is 4.37. The third-order valence-corrected chi connectivity index (χ3v) is 6.24. The zero-order valence-electron chi connectivity index (χ0n) is 17.7. The van der Waals surface area contributed by atoms with Crippen LogP contribution in [0.2, 0.25) is 0 Å². The fourth-order valence-electron chi connectivity index (χ4n) is 4.37. The van der Waals surface area contributed by atoms with Crippen molar-refractivity contribution in [3.63, 3.8) is 0 Å². The van der Waals surface area contributed by atoms with Crippen LogP contribution in [0.1, 0.15) is 63.0 Å². The van der Waals surface area contributed by atoms with E-state index in [1.165, 1.54) is 17.5 Å². The monoisotopic (exact) mass is 386 g/mol. The molecule has 1 saturated carbocycles. The van der Waals surface area contributed by atoms with E-state index in [2.05, 4.69) is 53.6 Å². The highest BCUT2D eigenvalue weighted by molar-refractivity contribution is 5.80. The molecule has 5 nitrogen and oxygen atoms in total. The maximum absolute atomic E-state index is 10.7. The van der Waals surface area contributed by atoms with Crippen LogP contribution in [0.5, 0.6) is 0 Å². The number of aliphatic imine (C=N–C) groups is 1. The zero-order chi connectivity index (χ0) is 19.8. The Morgan fingerprint density at radius 1 is 1.18 bits per heavy atom. The first-order chi connectivity index (χ1) is 13.6. The van der Waals surface area contributed by atoms with Gasteiger partial charge in [-0.1, -0.05) is 43.5 Å². The quantitative estimate of drug-likeness (QED) is 0.519. The van der Waals surface area contributed by atoms with Crippen LogP contribution < -0.4 is 10.6 Å². The molecule has 0 bridgehead atoms. The molecule has 3 N–H and O–H groups in total. The number of guanidine groups is 1. The molecular formula is C23H38N4O. The smallest absolute Gasteiger partial charge is 0.191 e. The van der Waals surface area contributed by atoms with E-state index in [1.807, 2.05) is 0 Å². The summed E-state index contributed by atoms with van der Waals surface area (Å²) < 4.78 is 0. The Bertz CT molecular complexity index is 631. The van der Waals surface area contributed by atoms with Gasteiger partial charge in [0.2, 0.25) is 0 Å². The number of likely N-dealkylation sites (tertiary alicyclic amines) is 1. The number of hydrogen-bond donors (Lipinski definition) is 3. The van der Waals surface area contributed by atoms with E-state index in [0.717, 1.165) is 70.7 Å². The summed E-state index contributed by atoms with van der Waals surface area (Å²) in [6, 6.07) is 9.14. The predicted octanol–water partition coefficient (Wildman–Crippen LogP) is 3.21. The molecule has 0 atom stereocenters. The van der Waals surface area contributed by atoms with E-state index in [-0.39, 0.29) is 0 Å². The number of piperidine rings is 1. The van der Waals surface area contributed by atoms with Gasteiger partial charge >= 0.3 is 0 Å². The van der Waals surface area contributed by atoms with Crippen molar-refractivity contribution in [1.82, 2.24) is 15.5 Å². The van der Waals surface area contributed by atoms with Gasteiger partial charge in [0, 0.05) is 32.2 Å². The molecule has 1 aromatic rings. The summed E-state index contributed by atoms with van der Waals surface area (Å²) in [5.41, 5.74) is 2.21. The molecule has 2 aliphatic rings. The highest BCUT2D eigenvalue weighted by Gasteiger charge is 2.29. The fraction of sp³-hybridized carbons (Fsp3) is 0.696. The lowest BCUT2D eigenvalue weighted by Crippen LogP contribution is -2.49. The normalized spacial score (nSPS) is 21.5. The van der Waals surface area contributed by atoms with Crippen molar-refractivity contribution in [2.75, 3.05) is 26.2 Å². The van der Waals surface area contributed by atoms with E-state index in [1.54, 1.807) is 0 Å². The van der Waals surface area contributed by atoms with E-state index in [4.69, 9.17) is 4.99 Å². The van der Waals surface area contributed by atoms with Gasteiger partial charge in [-0.25, -0.2) is 0 Å². The van der Waals surface area contributed by atoms with Crippen molar-refractivity contribution in [1.29, 1.82) is 0 Å². The van der Waals surface area contributed by atoms with Gasteiger partial charge in [0.05, 0.1) is 12.1 Å². The van der Waals surface area contributed by atoms with Crippen LogP contribution >= 0.6 is 0 Å². The summed E-state index contributed by atoms with van der Waals surface area (Å²) in [5.74, 6) is 0.860. The van der Waals surface area contributed by atoms with Crippen LogP contribution in [0.3, 0.4) is 0 Å². The second-order valence-electron chi connectivity index (χ2n) is 8.60. The van der Waals surface area contributed by atoms with Gasteiger partial charge in [-0.05, 0) is 50.7 Å². The lowest BCUT2D eigenvalue weighted by Gasteiger charge is -2.34. The van der Waals surface area contributed by atoms with Crippen molar-refractivity contribution >= 4 is 5.96 Å². The van der Waals surface area contributed by atoms with Crippen molar-refractivity contribution in [2.24, 2.45) is 4.99 Å². The summed E-state index contributed by atoms with van der Waals surface area (Å²) in [6.45, 7) is 8.90. The second kappa shape index (κ2) is 10.3. The number of aryl methyl sites for hydroxylation is 1. The summed E-state index contributed by atoms with van der Waals surface area (Å²) >= 11 is 0. The second-order valence-corrected chi connectivity index (χ2v) is 8.60. The highest BCUT2D eigenvalue weighted by atomic mass is 16.3. The van der Waals surface area contributed by atoms with Gasteiger partial charge in [-0.3, -0.25) is 9.89 Å². The molecule has 1 aromatic carbocycles. The molecule has 0 aromatic heterocycles. The van der Waals surface area contributed by atoms with Crippen LogP contribution in [-0.2, 0) is 6.54 Å². The first kappa shape index (κ1) is 21.1. The summed E-state index contributed by atoms with van der Waals surface area (Å²) in [4.78, 5) is 7.28. The van der Waals surface area contributed by atoms with E-state index < -0.39 is 5.60 Å². The van der Waals surface area contributed by atoms with Gasteiger partial charge in [-0.15, -0.1) is 0 Å². The minimum absolute atomic E-state index is 0.451. The Hall–Kier alpha value is -1.59. The number of benzene rings is 1. The molecule has 1 aliphatic carbocycles. The maximum atomic E-state index is 10.7. The van der Waals surface area contributed by atoms with Crippen LogP contribution in [0.4, 0.5) is 0 Å². The first-order valence-electron chi connectivity index (χ1n) is 11.1. The first-order valence-corrected chi connectivity index (χ1v) is 11.1. The van der Waals surface area contributed by atoms with Gasteiger partial charge < -0.3 is 15.7 Å². The number of rotatable bonds is 6. The molecule has 0 spiro atoms. The van der Waals surface area contributed by atoms with E-state index in [0.29, 0.717) is 12.6 Å². The average Bonchev–Trinajstić information content (AvgIpc) is 2.70. The Morgan fingerprint density at radius 2 is 1.89 bits per heavy atom. The molecule has 28 heavy (non-hydrogen) atoms. The molecule has 3 rings (SSSR count). The molecule has 0 radical (unpaired) electrons. The molecule has 1 heterocycles. The number of nitrogens with zero attached hydrogens (tertiary/aromatic N) is 2. The number of nitrogens with one attached hydrogen (secondary N) is 2. The average molecular weight is 387 g/mol. The maximum Gasteiger partial charge on any atom is 0.191 e. The van der Waals surface area contributed by atoms with Crippen molar-refractivity contribution < 1.29 is 5.11 Å². The van der Waals surface area contributed by atoms with Crippen LogP contribution in [0, 0.1) is 6.92 Å². The van der Waals surface area contributed by atoms with Gasteiger partial charge in [0.15, 0.2) is 5.96 Å². The predicted molar refractivity (Wildman–Crippen MR) is 117 cm³/mol. The molecule has 1 aliphatic heterocycles. The summed E-state index contributed by atoms with van der Waals surface area (Å²) in [6.07, 6.45) is 7.50. The molecule has 0 unspecified atom stereocenters. The SMILES string of the molecule is CCNC(=NCC1(O)CCCCC1)NC1CCN(Cc2ccccc2C)CC1. The van der Waals surface area contributed by atoms with Crippen LogP contribution in [-0.4, -0.2) is 53.8 Å². The Morgan fingerprint density at radius 3 is 2.57 bits per heavy atom. The standard InChI is InChI=1S/C23H38N4O/c1-3-24-22(25-18-23(28)13-7-4-8-14-23)26-21-11-15-27(16-12-21)17-20-10-6-5-9-19(20)2/h5-6,9-10,21,28H,3-4,7-8,11-18H2,1-2H3,(H2,24,25,26). The Balaban J connectivity index is 1.48. The summed E-state index contributed by atoms with van der Waals surface area (Å²) in [7, 11) is 0. The minimum Gasteiger partial charge on any atom is -0.388 e. The van der Waals surface area contributed by atoms with E-state index in [9.17, 15) is 5.11 Å². The lowest BCUT2D eigenvalue weighted by atomic mass is 9.85. The summed E-state index contributed by atoms with van der Waals surface area (Å²) in [5, 5.41) is 17.7. The van der Waals surface area contributed by atoms with Crippen molar-refractivity contribution in [2.45, 2.75) is 77.0 Å².